The standard InChI is InChI=1S/C40H52O11/c1-20-16-36(6)26-15-24(42)28(48-9)21(2)35(26,5)17-25(43)29(36)40(20)38(8,47)30(44)31(50-32(45)23-13-11-10-12-14-23)37(7)27(49-22(3)41)18-34(4)19-39(37,40)51-33(34)46/h10-14,20,25-27,29-31,43-44,47H,15-19H2,1-9H3/t20-,25+,26+,27-,29-,30+,31-,34+,35+,36-,37+,38-,39+,40-/m0/s1. The first-order chi connectivity index (χ1) is 23.6. The molecule has 7 rings (SSSR count). The zero-order valence-corrected chi connectivity index (χ0v) is 31.1. The number of aliphatic hydroxyl groups excluding tert-OH is 2. The van der Waals surface area contributed by atoms with Gasteiger partial charge in [-0.05, 0) is 80.9 Å². The number of fused-ring (bicyclic) bond motifs is 5. The maximum Gasteiger partial charge on any atom is 0.338 e. The molecule has 51 heavy (non-hydrogen) atoms. The second kappa shape index (κ2) is 10.9. The second-order valence-corrected chi connectivity index (χ2v) is 17.8. The van der Waals surface area contributed by atoms with Gasteiger partial charge in [0, 0.05) is 32.1 Å². The average Bonchev–Trinajstić information content (AvgIpc) is 3.45. The van der Waals surface area contributed by atoms with Crippen LogP contribution in [0.5, 0.6) is 0 Å². The smallest absolute Gasteiger partial charge is 0.338 e. The van der Waals surface area contributed by atoms with Crippen molar-refractivity contribution in [1.29, 1.82) is 0 Å². The number of hydrogen-bond acceptors (Lipinski definition) is 11. The van der Waals surface area contributed by atoms with E-state index in [9.17, 15) is 34.5 Å². The van der Waals surface area contributed by atoms with E-state index in [1.165, 1.54) is 21.0 Å². The molecule has 0 radical (unpaired) electrons. The van der Waals surface area contributed by atoms with E-state index in [0.717, 1.165) is 5.57 Å². The van der Waals surface area contributed by atoms with Crippen molar-refractivity contribution in [3.05, 3.63) is 47.2 Å². The van der Waals surface area contributed by atoms with Crippen LogP contribution in [0.1, 0.15) is 97.9 Å². The summed E-state index contributed by atoms with van der Waals surface area (Å²) in [6.07, 6.45) is -4.58. The van der Waals surface area contributed by atoms with E-state index in [-0.39, 0.29) is 42.9 Å². The van der Waals surface area contributed by atoms with Gasteiger partial charge in [0.25, 0.3) is 0 Å². The van der Waals surface area contributed by atoms with E-state index in [1.807, 2.05) is 20.8 Å². The number of ether oxygens (including phenoxy) is 4. The van der Waals surface area contributed by atoms with Gasteiger partial charge < -0.3 is 34.3 Å². The molecule has 6 aliphatic rings. The van der Waals surface area contributed by atoms with Crippen LogP contribution in [0, 0.1) is 44.8 Å². The fourth-order valence-corrected chi connectivity index (χ4v) is 13.6. The van der Waals surface area contributed by atoms with Gasteiger partial charge in [0.15, 0.2) is 11.5 Å². The van der Waals surface area contributed by atoms with E-state index >= 15 is 0 Å². The lowest BCUT2D eigenvalue weighted by Crippen LogP contribution is -2.86. The second-order valence-electron chi connectivity index (χ2n) is 17.8. The van der Waals surface area contributed by atoms with E-state index in [0.29, 0.717) is 12.2 Å². The topological polar surface area (TPSA) is 166 Å². The quantitative estimate of drug-likeness (QED) is 0.302. The van der Waals surface area contributed by atoms with Gasteiger partial charge in [0.05, 0.1) is 35.0 Å². The Bertz CT molecular complexity index is 1740. The van der Waals surface area contributed by atoms with Crippen LogP contribution in [0.4, 0.5) is 0 Å². The average molecular weight is 709 g/mol. The molecule has 1 aromatic carbocycles. The molecule has 5 aliphatic carbocycles. The number of ketones is 1. The predicted molar refractivity (Wildman–Crippen MR) is 181 cm³/mol. The van der Waals surface area contributed by atoms with Crippen molar-refractivity contribution in [3.63, 3.8) is 0 Å². The minimum absolute atomic E-state index is 0.0336. The van der Waals surface area contributed by atoms with Crippen molar-refractivity contribution >= 4 is 23.7 Å². The number of rotatable bonds is 4. The third-order valence-corrected chi connectivity index (χ3v) is 15.4. The number of esters is 3. The zero-order chi connectivity index (χ0) is 37.5. The molecule has 1 saturated heterocycles. The minimum atomic E-state index is -2.14. The number of aliphatic hydroxyl groups is 3. The van der Waals surface area contributed by atoms with Crippen molar-refractivity contribution in [2.24, 2.45) is 44.8 Å². The van der Waals surface area contributed by atoms with Crippen LogP contribution in [0.2, 0.25) is 0 Å². The van der Waals surface area contributed by atoms with Crippen LogP contribution in [0.3, 0.4) is 0 Å². The number of carbonyl (C=O) groups is 4. The summed E-state index contributed by atoms with van der Waals surface area (Å²) in [5, 5.41) is 38.7. The Balaban J connectivity index is 1.50. The molecule has 1 heterocycles. The zero-order valence-electron chi connectivity index (χ0n) is 31.1. The Morgan fingerprint density at radius 3 is 2.22 bits per heavy atom. The van der Waals surface area contributed by atoms with Crippen LogP contribution >= 0.6 is 0 Å². The number of Topliss-reactive ketones (excluding diaryl/α,β-unsaturated/α-hetero) is 1. The molecule has 3 N–H and O–H groups in total. The lowest BCUT2D eigenvalue weighted by atomic mass is 9.33. The van der Waals surface area contributed by atoms with Crippen LogP contribution in [-0.4, -0.2) is 81.7 Å². The van der Waals surface area contributed by atoms with Gasteiger partial charge in [-0.15, -0.1) is 0 Å². The number of benzene rings is 1. The highest BCUT2D eigenvalue weighted by Crippen LogP contribution is 2.83. The molecule has 0 unspecified atom stereocenters. The monoisotopic (exact) mass is 708 g/mol. The summed E-state index contributed by atoms with van der Waals surface area (Å²) in [6, 6.07) is 8.25. The van der Waals surface area contributed by atoms with Crippen LogP contribution in [0.15, 0.2) is 41.7 Å². The fourth-order valence-electron chi connectivity index (χ4n) is 13.6. The first-order valence-electron chi connectivity index (χ1n) is 18.2. The van der Waals surface area contributed by atoms with Gasteiger partial charge in [0.1, 0.15) is 29.5 Å². The van der Waals surface area contributed by atoms with E-state index in [4.69, 9.17) is 18.9 Å². The minimum Gasteiger partial charge on any atom is -0.493 e. The van der Waals surface area contributed by atoms with Crippen molar-refractivity contribution < 1.29 is 53.4 Å². The van der Waals surface area contributed by atoms with E-state index in [1.54, 1.807) is 44.2 Å². The molecule has 11 heteroatoms. The molecule has 11 nitrogen and oxygen atoms in total. The first-order valence-corrected chi connectivity index (χ1v) is 18.2. The summed E-state index contributed by atoms with van der Waals surface area (Å²) in [4.78, 5) is 54.7. The lowest BCUT2D eigenvalue weighted by molar-refractivity contribution is -0.381. The lowest BCUT2D eigenvalue weighted by Gasteiger charge is -2.73. The molecular weight excluding hydrogens is 656 g/mol. The van der Waals surface area contributed by atoms with Gasteiger partial charge in [-0.25, -0.2) is 4.79 Å². The van der Waals surface area contributed by atoms with Crippen LogP contribution in [0.25, 0.3) is 0 Å². The van der Waals surface area contributed by atoms with Crippen molar-refractivity contribution in [1.82, 2.24) is 0 Å². The summed E-state index contributed by atoms with van der Waals surface area (Å²) < 4.78 is 24.7. The van der Waals surface area contributed by atoms with Gasteiger partial charge in [-0.1, -0.05) is 39.0 Å². The Morgan fingerprint density at radius 2 is 1.61 bits per heavy atom. The maximum absolute atomic E-state index is 14.3. The summed E-state index contributed by atoms with van der Waals surface area (Å²) in [7, 11) is 1.48. The summed E-state index contributed by atoms with van der Waals surface area (Å²) in [5.41, 5.74) is -8.70. The third kappa shape index (κ3) is 4.06. The molecule has 0 amide bonds. The normalized spacial score (nSPS) is 49.8. The maximum atomic E-state index is 14.3. The fraction of sp³-hybridized carbons (Fsp3) is 0.700. The van der Waals surface area contributed by atoms with Crippen LogP contribution < -0.4 is 0 Å². The van der Waals surface area contributed by atoms with Gasteiger partial charge in [0.2, 0.25) is 0 Å². The molecule has 1 aromatic rings. The Kier molecular flexibility index (Phi) is 7.70. The Hall–Kier alpha value is -3.28. The molecule has 2 spiro atoms. The Morgan fingerprint density at radius 1 is 0.961 bits per heavy atom. The number of methoxy groups -OCH3 is 1. The SMILES string of the molecule is COC1=C(C)[C@@]2(C)C[C@@H](O)[C@H]3[C@@](C)(C[C@H](C)[C@]34[C@@]35C[C@@](C)(C[C@H](OC(C)=O)[C@]3(C)[C@@H](OC(=O)c3ccccc3)[C@@H](O)[C@]4(C)O)C(=O)O5)[C@@H]2CC1=O. The van der Waals surface area contributed by atoms with Gasteiger partial charge in [-0.3, -0.25) is 14.4 Å². The first kappa shape index (κ1) is 36.1. The molecular formula is C40H52O11. The third-order valence-electron chi connectivity index (χ3n) is 15.4. The molecule has 2 bridgehead atoms. The molecule has 278 valence electrons. The Labute approximate surface area is 299 Å². The summed E-state index contributed by atoms with van der Waals surface area (Å²) >= 11 is 0. The molecule has 1 aliphatic heterocycles. The van der Waals surface area contributed by atoms with Crippen LogP contribution in [-0.2, 0) is 33.3 Å². The molecule has 5 fully saturated rings. The number of hydrogen-bond donors (Lipinski definition) is 3. The van der Waals surface area contributed by atoms with Crippen molar-refractivity contribution in [2.45, 2.75) is 123 Å². The largest absolute Gasteiger partial charge is 0.493 e. The predicted octanol–water partition coefficient (Wildman–Crippen LogP) is 4.30. The number of carbonyl (C=O) groups excluding carboxylic acids is 4. The molecule has 4 saturated carbocycles. The van der Waals surface area contributed by atoms with Gasteiger partial charge >= 0.3 is 17.9 Å². The number of allylic oxidation sites excluding steroid dienone is 2. The highest BCUT2D eigenvalue weighted by Gasteiger charge is 2.92. The van der Waals surface area contributed by atoms with Crippen molar-refractivity contribution in [3.8, 4) is 0 Å². The highest BCUT2D eigenvalue weighted by atomic mass is 16.6. The summed E-state index contributed by atoms with van der Waals surface area (Å²) in [5.74, 6) is -3.41. The molecule has 14 atom stereocenters. The van der Waals surface area contributed by atoms with E-state index < -0.39 is 92.4 Å². The van der Waals surface area contributed by atoms with Gasteiger partial charge in [-0.2, -0.15) is 0 Å². The van der Waals surface area contributed by atoms with Crippen molar-refractivity contribution in [2.75, 3.05) is 7.11 Å². The highest BCUT2D eigenvalue weighted by molar-refractivity contribution is 5.96. The molecule has 0 aromatic heterocycles. The van der Waals surface area contributed by atoms with E-state index in [2.05, 4.69) is 6.92 Å². The summed E-state index contributed by atoms with van der Waals surface area (Å²) in [6.45, 7) is 14.2.